The first-order valence-electron chi connectivity index (χ1n) is 21.2. The van der Waals surface area contributed by atoms with Crippen molar-refractivity contribution in [3.05, 3.63) is 207 Å². The second kappa shape index (κ2) is 20.4. The molecule has 7 nitrogen and oxygen atoms in total. The second-order valence-electron chi connectivity index (χ2n) is 15.7. The third-order valence-electron chi connectivity index (χ3n) is 11.1. The third kappa shape index (κ3) is 11.1. The summed E-state index contributed by atoms with van der Waals surface area (Å²) in [6.45, 7) is 4.59. The number of thioether (sulfide) groups is 2. The quantitative estimate of drug-likeness (QED) is 0.160. The molecule has 0 radical (unpaired) electrons. The van der Waals surface area contributed by atoms with Gasteiger partial charge < -0.3 is 33.2 Å². The standard InChI is InChI=1S/C54H50O7S2/c1-37-23-44-31-58-50-19-11-40(12-20-50)33-62-35-46-26-53-47(36-63-34-41-13-21-51(22-14-41)59-32-45(24-37)54(44)55-2)25-52(46)60-27-38-7-15-48(16-8-38)56-29-42-5-3-4-6-43(42)30-57-49-17-9-39(10-18-49)28-61-53/h3-26H,27-36H2,1-2H3. The van der Waals surface area contributed by atoms with Crippen LogP contribution >= 0.6 is 23.5 Å². The Morgan fingerprint density at radius 2 is 0.730 bits per heavy atom. The van der Waals surface area contributed by atoms with Crippen molar-refractivity contribution in [2.45, 2.75) is 69.6 Å². The molecule has 14 bridgehead atoms. The van der Waals surface area contributed by atoms with Crippen LogP contribution in [0.2, 0.25) is 0 Å². The zero-order valence-corrected chi connectivity index (χ0v) is 37.2. The molecule has 0 saturated heterocycles. The average Bonchev–Trinajstić information content (AvgIpc) is 3.31. The molecule has 12 aliphatic rings. The van der Waals surface area contributed by atoms with Gasteiger partial charge in [-0.15, -0.1) is 0 Å². The Morgan fingerprint density at radius 1 is 0.365 bits per heavy atom. The van der Waals surface area contributed by atoms with E-state index in [9.17, 15) is 0 Å². The van der Waals surface area contributed by atoms with E-state index in [1.807, 2.05) is 84.2 Å². The third-order valence-corrected chi connectivity index (χ3v) is 13.2. The molecule has 0 amide bonds. The first-order valence-corrected chi connectivity index (χ1v) is 23.5. The van der Waals surface area contributed by atoms with Gasteiger partial charge in [-0.3, -0.25) is 0 Å². The highest BCUT2D eigenvalue weighted by Gasteiger charge is 2.17. The molecular formula is C54H50O7S2. The molecular weight excluding hydrogens is 825 g/mol. The Balaban J connectivity index is 1.01. The second-order valence-corrected chi connectivity index (χ2v) is 17.7. The molecule has 0 N–H and O–H groups in total. The molecule has 9 heteroatoms. The summed E-state index contributed by atoms with van der Waals surface area (Å²) in [6.07, 6.45) is 0. The Bertz CT molecular complexity index is 2430. The van der Waals surface area contributed by atoms with Gasteiger partial charge in [-0.05, 0) is 113 Å². The van der Waals surface area contributed by atoms with E-state index >= 15 is 0 Å². The molecule has 0 unspecified atom stereocenters. The van der Waals surface area contributed by atoms with Crippen LogP contribution in [0.1, 0.15) is 61.2 Å². The van der Waals surface area contributed by atoms with Crippen molar-refractivity contribution in [2.24, 2.45) is 0 Å². The van der Waals surface area contributed by atoms with Crippen molar-refractivity contribution >= 4 is 23.5 Å². The molecule has 7 aromatic carbocycles. The Labute approximate surface area is 378 Å². The number of ether oxygens (including phenoxy) is 7. The van der Waals surface area contributed by atoms with Gasteiger partial charge in [-0.25, -0.2) is 0 Å². The summed E-state index contributed by atoms with van der Waals surface area (Å²) in [5, 5.41) is 0. The molecule has 0 atom stereocenters. The maximum atomic E-state index is 6.72. The lowest BCUT2D eigenvalue weighted by atomic mass is 10.1. The lowest BCUT2D eigenvalue weighted by Crippen LogP contribution is -2.05. The molecule has 7 aromatic rings. The van der Waals surface area contributed by atoms with Gasteiger partial charge in [-0.1, -0.05) is 78.4 Å². The van der Waals surface area contributed by atoms with Crippen LogP contribution in [0.3, 0.4) is 0 Å². The fraction of sp³-hybridized carbons (Fsp3) is 0.222. The number of hydrogen-bond donors (Lipinski definition) is 0. The Morgan fingerprint density at radius 3 is 1.11 bits per heavy atom. The SMILES string of the molecule is COc1c2cc(C)cc1COc1ccc(cc1)CSCc1cc3c(cc1OCc1ccc(cc1)OCc1ccccc1COc1ccc(cc1)CO3)CSCc1ccc(cc1)OC2. The van der Waals surface area contributed by atoms with E-state index in [4.69, 9.17) is 33.2 Å². The maximum Gasteiger partial charge on any atom is 0.132 e. The molecule has 0 fully saturated rings. The van der Waals surface area contributed by atoms with Crippen LogP contribution in [0, 0.1) is 6.92 Å². The number of benzene rings is 7. The molecule has 0 aromatic heterocycles. The highest BCUT2D eigenvalue weighted by molar-refractivity contribution is 7.98. The summed E-state index contributed by atoms with van der Waals surface area (Å²) in [4.78, 5) is 0. The number of methoxy groups -OCH3 is 1. The van der Waals surface area contributed by atoms with Gasteiger partial charge in [0.25, 0.3) is 0 Å². The normalized spacial score (nSPS) is 14.5. The van der Waals surface area contributed by atoms with Crippen LogP contribution in [0.5, 0.6) is 40.2 Å². The van der Waals surface area contributed by atoms with Crippen LogP contribution in [-0.2, 0) is 62.7 Å². The first kappa shape index (κ1) is 42.2. The molecule has 0 spiro atoms. The van der Waals surface area contributed by atoms with E-state index in [2.05, 4.69) is 91.9 Å². The highest BCUT2D eigenvalue weighted by atomic mass is 32.2. The van der Waals surface area contributed by atoms with Crippen molar-refractivity contribution < 1.29 is 33.2 Å². The van der Waals surface area contributed by atoms with Gasteiger partial charge in [-0.2, -0.15) is 23.5 Å². The predicted molar refractivity (Wildman–Crippen MR) is 252 cm³/mol. The van der Waals surface area contributed by atoms with Crippen molar-refractivity contribution in [3.63, 3.8) is 0 Å². The summed E-state index contributed by atoms with van der Waals surface area (Å²) in [5.41, 5.74) is 12.0. The monoisotopic (exact) mass is 874 g/mol. The van der Waals surface area contributed by atoms with Crippen molar-refractivity contribution in [1.82, 2.24) is 0 Å². The fourth-order valence-corrected chi connectivity index (χ4v) is 9.59. The highest BCUT2D eigenvalue weighted by Crippen LogP contribution is 2.37. The molecule has 0 saturated carbocycles. The van der Waals surface area contributed by atoms with Crippen molar-refractivity contribution in [2.75, 3.05) is 7.11 Å². The average molecular weight is 875 g/mol. The molecule has 12 aliphatic heterocycles. The largest absolute Gasteiger partial charge is 0.496 e. The Hall–Kier alpha value is -6.16. The van der Waals surface area contributed by atoms with Crippen LogP contribution in [0.4, 0.5) is 0 Å². The fourth-order valence-electron chi connectivity index (χ4n) is 7.63. The molecule has 19 rings (SSSR count). The van der Waals surface area contributed by atoms with E-state index in [-0.39, 0.29) is 0 Å². The first-order chi connectivity index (χ1) is 31.0. The van der Waals surface area contributed by atoms with Gasteiger partial charge in [0.05, 0.1) is 7.11 Å². The van der Waals surface area contributed by atoms with Gasteiger partial charge in [0.2, 0.25) is 0 Å². The van der Waals surface area contributed by atoms with Crippen LogP contribution in [0.25, 0.3) is 0 Å². The summed E-state index contributed by atoms with van der Waals surface area (Å²) < 4.78 is 44.5. The smallest absolute Gasteiger partial charge is 0.132 e. The van der Waals surface area contributed by atoms with Crippen LogP contribution in [0.15, 0.2) is 146 Å². The molecule has 0 aliphatic carbocycles. The maximum absolute atomic E-state index is 6.72. The minimum absolute atomic E-state index is 0.383. The summed E-state index contributed by atoms with van der Waals surface area (Å²) >= 11 is 3.69. The summed E-state index contributed by atoms with van der Waals surface area (Å²) in [6, 6.07) is 49.9. The van der Waals surface area contributed by atoms with Gasteiger partial charge in [0.1, 0.15) is 79.9 Å². The van der Waals surface area contributed by atoms with Crippen LogP contribution in [-0.4, -0.2) is 7.11 Å². The molecule has 320 valence electrons. The molecule has 63 heavy (non-hydrogen) atoms. The van der Waals surface area contributed by atoms with Crippen molar-refractivity contribution in [1.29, 1.82) is 0 Å². The molecule has 12 heterocycles. The topological polar surface area (TPSA) is 64.6 Å². The zero-order chi connectivity index (χ0) is 42.8. The van der Waals surface area contributed by atoms with Crippen LogP contribution < -0.4 is 33.2 Å². The number of hydrogen-bond acceptors (Lipinski definition) is 9. The zero-order valence-electron chi connectivity index (χ0n) is 35.6. The lowest BCUT2D eigenvalue weighted by molar-refractivity contribution is 0.283. The summed E-state index contributed by atoms with van der Waals surface area (Å²) in [7, 11) is 1.70. The van der Waals surface area contributed by atoms with E-state index < -0.39 is 0 Å². The number of rotatable bonds is 1. The van der Waals surface area contributed by atoms with E-state index in [1.54, 1.807) is 7.11 Å². The minimum atomic E-state index is 0.383. The van der Waals surface area contributed by atoms with Gasteiger partial charge >= 0.3 is 0 Å². The van der Waals surface area contributed by atoms with Gasteiger partial charge in [0, 0.05) is 45.3 Å². The Kier molecular flexibility index (Phi) is 13.6. The minimum Gasteiger partial charge on any atom is -0.496 e. The lowest BCUT2D eigenvalue weighted by Gasteiger charge is -2.19. The predicted octanol–water partition coefficient (Wildman–Crippen LogP) is 13.0. The number of aryl methyl sites for hydroxylation is 1. The van der Waals surface area contributed by atoms with E-state index in [1.165, 1.54) is 11.1 Å². The van der Waals surface area contributed by atoms with Crippen molar-refractivity contribution in [3.8, 4) is 40.2 Å². The summed E-state index contributed by atoms with van der Waals surface area (Å²) in [5.74, 6) is 8.83. The van der Waals surface area contributed by atoms with Gasteiger partial charge in [0.15, 0.2) is 0 Å². The van der Waals surface area contributed by atoms with E-state index in [0.29, 0.717) is 39.6 Å². The van der Waals surface area contributed by atoms with E-state index in [0.717, 1.165) is 113 Å².